The number of halogens is 1. The van der Waals surface area contributed by atoms with Crippen LogP contribution in [-0.4, -0.2) is 13.4 Å². The van der Waals surface area contributed by atoms with E-state index < -0.39 is 10.0 Å². The number of rotatable bonds is 4. The minimum atomic E-state index is -3.57. The number of anilines is 1. The first kappa shape index (κ1) is 14.0. The summed E-state index contributed by atoms with van der Waals surface area (Å²) in [5.74, 6) is 0. The summed E-state index contributed by atoms with van der Waals surface area (Å²) in [7, 11) is -3.57. The van der Waals surface area contributed by atoms with E-state index in [9.17, 15) is 8.42 Å². The van der Waals surface area contributed by atoms with Crippen LogP contribution in [-0.2, 0) is 16.6 Å². The minimum Gasteiger partial charge on any atom is -0.398 e. The van der Waals surface area contributed by atoms with Gasteiger partial charge in [0.15, 0.2) is 0 Å². The molecule has 5 nitrogen and oxygen atoms in total. The molecule has 0 saturated carbocycles. The van der Waals surface area contributed by atoms with Crippen LogP contribution in [0.1, 0.15) is 5.56 Å². The van der Waals surface area contributed by atoms with Crippen LogP contribution in [0.5, 0.6) is 0 Å². The average Bonchev–Trinajstić information content (AvgIpc) is 2.41. The maximum absolute atomic E-state index is 12.1. The highest BCUT2D eigenvalue weighted by Crippen LogP contribution is 2.22. The van der Waals surface area contributed by atoms with Crippen molar-refractivity contribution in [3.63, 3.8) is 0 Å². The number of nitrogens with zero attached hydrogens (tertiary/aromatic N) is 1. The number of nitrogens with two attached hydrogens (primary N) is 1. The molecule has 7 heteroatoms. The van der Waals surface area contributed by atoms with Crippen LogP contribution in [0.3, 0.4) is 0 Å². The fourth-order valence-corrected chi connectivity index (χ4v) is 2.75. The van der Waals surface area contributed by atoms with Crippen molar-refractivity contribution in [2.24, 2.45) is 0 Å². The van der Waals surface area contributed by atoms with Crippen molar-refractivity contribution >= 4 is 31.6 Å². The Bertz CT molecular complexity index is 675. The molecule has 1 aromatic heterocycles. The second-order valence-corrected chi connectivity index (χ2v) is 6.48. The summed E-state index contributed by atoms with van der Waals surface area (Å²) in [6.07, 6.45) is 3.22. The Hall–Kier alpha value is -1.44. The molecule has 19 heavy (non-hydrogen) atoms. The zero-order valence-electron chi connectivity index (χ0n) is 9.88. The van der Waals surface area contributed by atoms with Gasteiger partial charge in [-0.25, -0.2) is 13.1 Å². The van der Waals surface area contributed by atoms with Crippen molar-refractivity contribution in [3.05, 3.63) is 52.8 Å². The highest BCUT2D eigenvalue weighted by Gasteiger charge is 2.14. The molecule has 0 aliphatic heterocycles. The Morgan fingerprint density at radius 3 is 2.53 bits per heavy atom. The van der Waals surface area contributed by atoms with Crippen LogP contribution in [0.2, 0.25) is 0 Å². The first-order valence-electron chi connectivity index (χ1n) is 5.42. The minimum absolute atomic E-state index is 0.141. The molecule has 0 radical (unpaired) electrons. The van der Waals surface area contributed by atoms with Crippen molar-refractivity contribution in [3.8, 4) is 0 Å². The molecule has 2 aromatic rings. The van der Waals surface area contributed by atoms with Crippen LogP contribution >= 0.6 is 15.9 Å². The van der Waals surface area contributed by atoms with Gasteiger partial charge in [-0.15, -0.1) is 0 Å². The van der Waals surface area contributed by atoms with Crippen LogP contribution in [0.25, 0.3) is 0 Å². The molecule has 1 aromatic carbocycles. The topological polar surface area (TPSA) is 85.1 Å². The lowest BCUT2D eigenvalue weighted by atomic mass is 10.3. The van der Waals surface area contributed by atoms with E-state index in [2.05, 4.69) is 25.6 Å². The van der Waals surface area contributed by atoms with Crippen LogP contribution in [0, 0.1) is 0 Å². The predicted molar refractivity (Wildman–Crippen MR) is 76.8 cm³/mol. The van der Waals surface area contributed by atoms with Gasteiger partial charge in [-0.2, -0.15) is 0 Å². The Morgan fingerprint density at radius 2 is 1.89 bits per heavy atom. The molecule has 0 aliphatic rings. The molecule has 0 unspecified atom stereocenters. The third kappa shape index (κ3) is 3.52. The number of hydrogen-bond donors (Lipinski definition) is 2. The van der Waals surface area contributed by atoms with E-state index in [0.29, 0.717) is 10.2 Å². The van der Waals surface area contributed by atoms with Gasteiger partial charge in [0.25, 0.3) is 0 Å². The van der Waals surface area contributed by atoms with E-state index in [1.807, 2.05) is 0 Å². The van der Waals surface area contributed by atoms with Crippen molar-refractivity contribution in [1.82, 2.24) is 9.71 Å². The second kappa shape index (κ2) is 5.68. The lowest BCUT2D eigenvalue weighted by Crippen LogP contribution is -2.23. The van der Waals surface area contributed by atoms with Crippen molar-refractivity contribution < 1.29 is 8.42 Å². The highest BCUT2D eigenvalue weighted by molar-refractivity contribution is 9.10. The summed E-state index contributed by atoms with van der Waals surface area (Å²) in [6, 6.07) is 8.02. The number of pyridine rings is 1. The lowest BCUT2D eigenvalue weighted by Gasteiger charge is -2.08. The monoisotopic (exact) mass is 341 g/mol. The number of benzene rings is 1. The first-order chi connectivity index (χ1) is 8.99. The van der Waals surface area contributed by atoms with E-state index in [-0.39, 0.29) is 11.4 Å². The second-order valence-electron chi connectivity index (χ2n) is 3.86. The molecule has 0 fully saturated rings. The number of aromatic nitrogens is 1. The van der Waals surface area contributed by atoms with Gasteiger partial charge in [-0.3, -0.25) is 4.98 Å². The van der Waals surface area contributed by atoms with E-state index in [1.165, 1.54) is 12.1 Å². The smallest absolute Gasteiger partial charge is 0.240 e. The quantitative estimate of drug-likeness (QED) is 0.831. The Balaban J connectivity index is 2.16. The molecule has 3 N–H and O–H groups in total. The predicted octanol–water partition coefficient (Wildman–Crippen LogP) is 1.90. The fraction of sp³-hybridized carbons (Fsp3) is 0.0833. The molecule has 100 valence electrons. The molecule has 1 heterocycles. The number of nitrogen functional groups attached to an aromatic ring is 1. The van der Waals surface area contributed by atoms with Crippen LogP contribution in [0.4, 0.5) is 5.69 Å². The molecule has 2 rings (SSSR count). The number of nitrogens with one attached hydrogen (secondary N) is 1. The summed E-state index contributed by atoms with van der Waals surface area (Å²) < 4.78 is 27.3. The van der Waals surface area contributed by atoms with Gasteiger partial charge < -0.3 is 5.73 Å². The van der Waals surface area contributed by atoms with Crippen molar-refractivity contribution in [1.29, 1.82) is 0 Å². The van der Waals surface area contributed by atoms with Gasteiger partial charge in [0.1, 0.15) is 0 Å². The molecule has 0 amide bonds. The lowest BCUT2D eigenvalue weighted by molar-refractivity contribution is 0.581. The van der Waals surface area contributed by atoms with E-state index in [1.54, 1.807) is 30.6 Å². The first-order valence-corrected chi connectivity index (χ1v) is 7.70. The largest absolute Gasteiger partial charge is 0.398 e. The Labute approximate surface area is 120 Å². The average molecular weight is 342 g/mol. The SMILES string of the molecule is Nc1cc(S(=O)(=O)NCc2ccncc2)ccc1Br. The van der Waals surface area contributed by atoms with E-state index >= 15 is 0 Å². The zero-order chi connectivity index (χ0) is 13.9. The summed E-state index contributed by atoms with van der Waals surface area (Å²) in [5.41, 5.74) is 6.90. The third-order valence-corrected chi connectivity index (χ3v) is 4.61. The zero-order valence-corrected chi connectivity index (χ0v) is 12.3. The summed E-state index contributed by atoms with van der Waals surface area (Å²) in [4.78, 5) is 4.01. The van der Waals surface area contributed by atoms with Gasteiger partial charge in [0.05, 0.1) is 4.90 Å². The standard InChI is InChI=1S/C12H12BrN3O2S/c13-11-2-1-10(7-12(11)14)19(17,18)16-8-9-3-5-15-6-4-9/h1-7,16H,8,14H2. The third-order valence-electron chi connectivity index (χ3n) is 2.49. The van der Waals surface area contributed by atoms with Crippen LogP contribution in [0.15, 0.2) is 52.1 Å². The van der Waals surface area contributed by atoms with Crippen molar-refractivity contribution in [2.45, 2.75) is 11.4 Å². The molecule has 0 saturated heterocycles. The summed E-state index contributed by atoms with van der Waals surface area (Å²) >= 11 is 3.22. The van der Waals surface area contributed by atoms with E-state index in [4.69, 9.17) is 5.73 Å². The van der Waals surface area contributed by atoms with Gasteiger partial charge in [0, 0.05) is 29.1 Å². The normalized spacial score (nSPS) is 11.4. The van der Waals surface area contributed by atoms with Crippen molar-refractivity contribution in [2.75, 3.05) is 5.73 Å². The molecular formula is C12H12BrN3O2S. The maximum atomic E-state index is 12.1. The highest BCUT2D eigenvalue weighted by atomic mass is 79.9. The van der Waals surface area contributed by atoms with Gasteiger partial charge >= 0.3 is 0 Å². The van der Waals surface area contributed by atoms with Gasteiger partial charge in [0.2, 0.25) is 10.0 Å². The molecule has 0 bridgehead atoms. The van der Waals surface area contributed by atoms with Gasteiger partial charge in [-0.05, 0) is 51.8 Å². The molecular weight excluding hydrogens is 330 g/mol. The Kier molecular flexibility index (Phi) is 4.18. The maximum Gasteiger partial charge on any atom is 0.240 e. The number of sulfonamides is 1. The molecule has 0 spiro atoms. The Morgan fingerprint density at radius 1 is 1.21 bits per heavy atom. The fourth-order valence-electron chi connectivity index (χ4n) is 1.45. The summed E-state index contributed by atoms with van der Waals surface area (Å²) in [5, 5.41) is 0. The number of hydrogen-bond acceptors (Lipinski definition) is 4. The molecule has 0 atom stereocenters. The van der Waals surface area contributed by atoms with Gasteiger partial charge in [-0.1, -0.05) is 0 Å². The summed E-state index contributed by atoms with van der Waals surface area (Å²) in [6.45, 7) is 0.209. The molecule has 0 aliphatic carbocycles. The van der Waals surface area contributed by atoms with Crippen LogP contribution < -0.4 is 10.5 Å². The van der Waals surface area contributed by atoms with E-state index in [0.717, 1.165) is 5.56 Å².